The van der Waals surface area contributed by atoms with E-state index in [1.165, 1.54) is 93.0 Å². The first-order chi connectivity index (χ1) is 32.1. The van der Waals surface area contributed by atoms with Crippen LogP contribution in [0.4, 0.5) is 17.1 Å². The fraction of sp³-hybridized carbons (Fsp3) is 0.175. The molecule has 11 rings (SSSR count). The summed E-state index contributed by atoms with van der Waals surface area (Å²) in [7, 11) is 0. The number of allylic oxidation sites excluding steroid dienone is 5. The molecule has 0 saturated heterocycles. The van der Waals surface area contributed by atoms with Crippen molar-refractivity contribution in [2.45, 2.75) is 70.6 Å². The SMILES string of the molecule is C=CCCCCCc1ccc(N(c2ccc(-c3cccc4c3oc3ccccc34)cc2)c2ccc(-c3ccc4c(-c5ccccc5C)c(C5CC5)ccc4c3)c(C3=CCCC=C3)c2)cc1. The molecule has 0 spiro atoms. The topological polar surface area (TPSA) is 16.4 Å². The summed E-state index contributed by atoms with van der Waals surface area (Å²) in [6.07, 6.45) is 19.6. The fourth-order valence-corrected chi connectivity index (χ4v) is 10.2. The van der Waals surface area contributed by atoms with Crippen LogP contribution >= 0.6 is 0 Å². The Hall–Kier alpha value is -7.16. The molecule has 2 aliphatic rings. The quantitative estimate of drug-likeness (QED) is 0.0801. The van der Waals surface area contributed by atoms with Crippen LogP contribution in [0.1, 0.15) is 79.5 Å². The lowest BCUT2D eigenvalue weighted by Gasteiger charge is -2.27. The van der Waals surface area contributed by atoms with Crippen molar-refractivity contribution >= 4 is 55.3 Å². The number of nitrogens with zero attached hydrogens (tertiary/aromatic N) is 1. The zero-order valence-corrected chi connectivity index (χ0v) is 37.4. The van der Waals surface area contributed by atoms with Crippen molar-refractivity contribution in [3.63, 3.8) is 0 Å². The molecule has 1 aromatic heterocycles. The van der Waals surface area contributed by atoms with Crippen LogP contribution in [0, 0.1) is 6.92 Å². The van der Waals surface area contributed by atoms with Gasteiger partial charge in [0.05, 0.1) is 0 Å². The Labute approximate surface area is 383 Å². The highest BCUT2D eigenvalue weighted by molar-refractivity contribution is 6.09. The van der Waals surface area contributed by atoms with Crippen molar-refractivity contribution in [3.8, 4) is 33.4 Å². The molecule has 1 fully saturated rings. The molecule has 0 aliphatic heterocycles. The molecule has 0 bridgehead atoms. The summed E-state index contributed by atoms with van der Waals surface area (Å²) in [5.74, 6) is 0.659. The molecule has 0 radical (unpaired) electrons. The number of aryl methyl sites for hydroxylation is 2. The maximum absolute atomic E-state index is 6.48. The van der Waals surface area contributed by atoms with Gasteiger partial charge in [-0.2, -0.15) is 0 Å². The van der Waals surface area contributed by atoms with Gasteiger partial charge in [-0.3, -0.25) is 0 Å². The van der Waals surface area contributed by atoms with E-state index < -0.39 is 0 Å². The number of anilines is 3. The lowest BCUT2D eigenvalue weighted by molar-refractivity contribution is 0.670. The van der Waals surface area contributed by atoms with Crippen molar-refractivity contribution in [2.24, 2.45) is 0 Å². The largest absolute Gasteiger partial charge is 0.455 e. The monoisotopic (exact) mass is 841 g/mol. The Kier molecular flexibility index (Phi) is 11.1. The van der Waals surface area contributed by atoms with Gasteiger partial charge < -0.3 is 9.32 Å². The molecule has 0 unspecified atom stereocenters. The number of hydrogen-bond acceptors (Lipinski definition) is 2. The van der Waals surface area contributed by atoms with E-state index in [0.29, 0.717) is 5.92 Å². The number of unbranched alkanes of at least 4 members (excludes halogenated alkanes) is 3. The summed E-state index contributed by atoms with van der Waals surface area (Å²) in [5, 5.41) is 4.92. The minimum atomic E-state index is 0.659. The molecule has 0 atom stereocenters. The molecule has 2 nitrogen and oxygen atoms in total. The van der Waals surface area contributed by atoms with Crippen LogP contribution in [0.5, 0.6) is 0 Å². The summed E-state index contributed by atoms with van der Waals surface area (Å²) in [4.78, 5) is 2.42. The molecule has 318 valence electrons. The Balaban J connectivity index is 1.01. The van der Waals surface area contributed by atoms with Gasteiger partial charge in [-0.05, 0) is 179 Å². The number of fused-ring (bicyclic) bond motifs is 4. The molecule has 2 heteroatoms. The second-order valence-corrected chi connectivity index (χ2v) is 18.1. The van der Waals surface area contributed by atoms with E-state index in [-0.39, 0.29) is 0 Å². The Morgan fingerprint density at radius 1 is 0.600 bits per heavy atom. The molecule has 1 heterocycles. The van der Waals surface area contributed by atoms with E-state index in [2.05, 4.69) is 194 Å². The third-order valence-electron chi connectivity index (χ3n) is 13.8. The Morgan fingerprint density at radius 2 is 1.35 bits per heavy atom. The minimum Gasteiger partial charge on any atom is -0.455 e. The number of rotatable bonds is 14. The molecular weight excluding hydrogens is 787 g/mol. The van der Waals surface area contributed by atoms with E-state index in [1.807, 2.05) is 12.1 Å². The van der Waals surface area contributed by atoms with Crippen molar-refractivity contribution in [3.05, 3.63) is 217 Å². The zero-order chi connectivity index (χ0) is 43.7. The van der Waals surface area contributed by atoms with E-state index in [4.69, 9.17) is 4.42 Å². The number of furan rings is 1. The van der Waals surface area contributed by atoms with Crippen LogP contribution in [-0.4, -0.2) is 0 Å². The highest BCUT2D eigenvalue weighted by Crippen LogP contribution is 2.48. The molecular formula is C63H55NO. The van der Waals surface area contributed by atoms with Gasteiger partial charge >= 0.3 is 0 Å². The predicted octanol–water partition coefficient (Wildman–Crippen LogP) is 18.4. The van der Waals surface area contributed by atoms with E-state index in [0.717, 1.165) is 75.8 Å². The van der Waals surface area contributed by atoms with Gasteiger partial charge in [-0.25, -0.2) is 0 Å². The standard InChI is InChI=1S/C63H55NO/c1-3-4-5-6-8-17-44-25-33-50(34-26-44)64(51-35-29-47(30-36-51)57-22-15-23-59-58-21-13-14-24-61(58)65-63(57)59)52-37-40-54(60(42-52)45-18-9-7-10-19-45)48-31-39-56-49(41-48)32-38-55(46-27-28-46)62(56)53-20-12-11-16-43(53)2/h3,9,11-16,18-26,29-42,46H,1,4-8,10,17,27-28H2,2H3. The van der Waals surface area contributed by atoms with Gasteiger partial charge in [0.25, 0.3) is 0 Å². The Morgan fingerprint density at radius 3 is 2.15 bits per heavy atom. The predicted molar refractivity (Wildman–Crippen MR) is 278 cm³/mol. The van der Waals surface area contributed by atoms with Crippen LogP contribution in [0.25, 0.3) is 71.7 Å². The first-order valence-electron chi connectivity index (χ1n) is 23.8. The summed E-state index contributed by atoms with van der Waals surface area (Å²) in [5.41, 5.74) is 19.4. The molecule has 8 aromatic carbocycles. The van der Waals surface area contributed by atoms with Crippen molar-refractivity contribution in [2.75, 3.05) is 4.90 Å². The van der Waals surface area contributed by atoms with Gasteiger partial charge in [-0.1, -0.05) is 146 Å². The lowest BCUT2D eigenvalue weighted by atomic mass is 9.86. The second-order valence-electron chi connectivity index (χ2n) is 18.1. The van der Waals surface area contributed by atoms with E-state index in [9.17, 15) is 0 Å². The first-order valence-corrected chi connectivity index (χ1v) is 23.8. The summed E-state index contributed by atoms with van der Waals surface area (Å²) >= 11 is 0. The van der Waals surface area contributed by atoms with Crippen molar-refractivity contribution < 1.29 is 4.42 Å². The van der Waals surface area contributed by atoms with Gasteiger partial charge in [-0.15, -0.1) is 6.58 Å². The fourth-order valence-electron chi connectivity index (χ4n) is 10.2. The molecule has 1 saturated carbocycles. The van der Waals surface area contributed by atoms with Gasteiger partial charge in [0.2, 0.25) is 0 Å². The summed E-state index contributed by atoms with van der Waals surface area (Å²) in [6.45, 7) is 6.15. The maximum Gasteiger partial charge on any atom is 0.143 e. The zero-order valence-electron chi connectivity index (χ0n) is 37.4. The molecule has 9 aromatic rings. The maximum atomic E-state index is 6.48. The van der Waals surface area contributed by atoms with Crippen LogP contribution in [-0.2, 0) is 6.42 Å². The molecule has 0 amide bonds. The number of hydrogen-bond donors (Lipinski definition) is 0. The molecule has 2 aliphatic carbocycles. The third kappa shape index (κ3) is 8.04. The highest BCUT2D eigenvalue weighted by Gasteiger charge is 2.28. The molecule has 65 heavy (non-hydrogen) atoms. The van der Waals surface area contributed by atoms with E-state index in [1.54, 1.807) is 0 Å². The summed E-state index contributed by atoms with van der Waals surface area (Å²) in [6, 6.07) is 61.0. The van der Waals surface area contributed by atoms with Crippen molar-refractivity contribution in [1.82, 2.24) is 0 Å². The van der Waals surface area contributed by atoms with Gasteiger partial charge in [0, 0.05) is 33.4 Å². The lowest BCUT2D eigenvalue weighted by Crippen LogP contribution is -2.10. The third-order valence-corrected chi connectivity index (χ3v) is 13.8. The van der Waals surface area contributed by atoms with Crippen LogP contribution in [0.2, 0.25) is 0 Å². The van der Waals surface area contributed by atoms with Crippen LogP contribution in [0.15, 0.2) is 199 Å². The Bertz CT molecular complexity index is 3260. The van der Waals surface area contributed by atoms with Crippen molar-refractivity contribution in [1.29, 1.82) is 0 Å². The average molecular weight is 842 g/mol. The van der Waals surface area contributed by atoms with Crippen LogP contribution in [0.3, 0.4) is 0 Å². The van der Waals surface area contributed by atoms with Crippen LogP contribution < -0.4 is 4.90 Å². The van der Waals surface area contributed by atoms with Gasteiger partial charge in [0.1, 0.15) is 11.2 Å². The van der Waals surface area contributed by atoms with E-state index >= 15 is 0 Å². The molecule has 0 N–H and O–H groups in total. The summed E-state index contributed by atoms with van der Waals surface area (Å²) < 4.78 is 6.48. The minimum absolute atomic E-state index is 0.659. The van der Waals surface area contributed by atoms with Gasteiger partial charge in [0.15, 0.2) is 0 Å². The number of benzene rings is 8. The number of para-hydroxylation sites is 2. The first kappa shape index (κ1) is 40.6. The highest BCUT2D eigenvalue weighted by atomic mass is 16.3. The smallest absolute Gasteiger partial charge is 0.143 e. The average Bonchev–Trinajstić information content (AvgIpc) is 4.14. The normalized spacial score (nSPS) is 13.7. The second kappa shape index (κ2) is 17.8.